The Morgan fingerprint density at radius 3 is 2.62 bits per heavy atom. The normalized spacial score (nSPS) is 9.71. The Labute approximate surface area is 119 Å². The van der Waals surface area contributed by atoms with E-state index in [4.69, 9.17) is 16.3 Å². The molecule has 1 heterocycles. The third-order valence-corrected chi connectivity index (χ3v) is 2.88. The first-order valence-corrected chi connectivity index (χ1v) is 5.72. The number of carbonyl (C=O) groups excluding carboxylic acids is 1. The standard InChI is InChI=1S/C14H9FN4O2/c1-21-14(20)13-12(18)9(6-17)7-19(13)11-3-2-8(5-16)4-10(11)15/h2-4,7H,18H2,1H3. The van der Waals surface area contributed by atoms with Gasteiger partial charge in [0.05, 0.1) is 35.7 Å². The van der Waals surface area contributed by atoms with E-state index in [9.17, 15) is 9.18 Å². The van der Waals surface area contributed by atoms with Gasteiger partial charge in [0, 0.05) is 6.20 Å². The Morgan fingerprint density at radius 2 is 2.10 bits per heavy atom. The number of anilines is 1. The Bertz CT molecular complexity index is 812. The van der Waals surface area contributed by atoms with E-state index in [2.05, 4.69) is 4.74 Å². The van der Waals surface area contributed by atoms with Crippen molar-refractivity contribution in [3.63, 3.8) is 0 Å². The summed E-state index contributed by atoms with van der Waals surface area (Å²) >= 11 is 0. The maximum Gasteiger partial charge on any atom is 0.357 e. The lowest BCUT2D eigenvalue weighted by atomic mass is 10.2. The lowest BCUT2D eigenvalue weighted by Gasteiger charge is -2.09. The van der Waals surface area contributed by atoms with Crippen molar-refractivity contribution in [2.24, 2.45) is 0 Å². The summed E-state index contributed by atoms with van der Waals surface area (Å²) in [6, 6.07) is 7.36. The van der Waals surface area contributed by atoms with Crippen LogP contribution in [0.15, 0.2) is 24.4 Å². The summed E-state index contributed by atoms with van der Waals surface area (Å²) in [6.45, 7) is 0. The summed E-state index contributed by atoms with van der Waals surface area (Å²) in [4.78, 5) is 11.8. The van der Waals surface area contributed by atoms with Gasteiger partial charge >= 0.3 is 5.97 Å². The predicted octanol–water partition coefficient (Wildman–Crippen LogP) is 1.73. The number of ether oxygens (including phenoxy) is 1. The van der Waals surface area contributed by atoms with Crippen LogP contribution in [0.25, 0.3) is 5.69 Å². The lowest BCUT2D eigenvalue weighted by Crippen LogP contribution is -2.12. The average molecular weight is 284 g/mol. The number of nitrogens with two attached hydrogens (primary N) is 1. The van der Waals surface area contributed by atoms with Gasteiger partial charge in [0.25, 0.3) is 0 Å². The third kappa shape index (κ3) is 2.28. The molecular formula is C14H9FN4O2. The summed E-state index contributed by atoms with van der Waals surface area (Å²) in [5.41, 5.74) is 5.64. The molecule has 0 bridgehead atoms. The topological polar surface area (TPSA) is 105 Å². The van der Waals surface area contributed by atoms with Crippen LogP contribution in [-0.4, -0.2) is 17.6 Å². The second-order valence-electron chi connectivity index (χ2n) is 4.06. The maximum absolute atomic E-state index is 14.1. The van der Waals surface area contributed by atoms with Crippen molar-refractivity contribution in [3.8, 4) is 17.8 Å². The first-order chi connectivity index (χ1) is 10.0. The number of nitrogens with zero attached hydrogens (tertiary/aromatic N) is 3. The first kappa shape index (κ1) is 14.1. The highest BCUT2D eigenvalue weighted by atomic mass is 19.1. The van der Waals surface area contributed by atoms with Gasteiger partial charge < -0.3 is 15.0 Å². The van der Waals surface area contributed by atoms with Crippen LogP contribution in [0.2, 0.25) is 0 Å². The molecule has 0 amide bonds. The van der Waals surface area contributed by atoms with Crippen LogP contribution in [-0.2, 0) is 4.74 Å². The first-order valence-electron chi connectivity index (χ1n) is 5.72. The fraction of sp³-hybridized carbons (Fsp3) is 0.0714. The van der Waals surface area contributed by atoms with E-state index >= 15 is 0 Å². The molecule has 6 nitrogen and oxygen atoms in total. The smallest absolute Gasteiger partial charge is 0.357 e. The van der Waals surface area contributed by atoms with Gasteiger partial charge in [-0.1, -0.05) is 0 Å². The number of aromatic nitrogens is 1. The van der Waals surface area contributed by atoms with E-state index in [-0.39, 0.29) is 28.2 Å². The molecular weight excluding hydrogens is 275 g/mol. The van der Waals surface area contributed by atoms with Crippen LogP contribution in [0.3, 0.4) is 0 Å². The zero-order chi connectivity index (χ0) is 15.6. The number of rotatable bonds is 2. The number of nitrogen functional groups attached to an aromatic ring is 1. The third-order valence-electron chi connectivity index (χ3n) is 2.88. The molecule has 2 N–H and O–H groups in total. The molecule has 0 atom stereocenters. The molecule has 2 aromatic rings. The number of methoxy groups -OCH3 is 1. The number of halogens is 1. The number of esters is 1. The number of hydrogen-bond acceptors (Lipinski definition) is 5. The van der Waals surface area contributed by atoms with Crippen LogP contribution in [0.1, 0.15) is 21.6 Å². The number of carbonyl (C=O) groups is 1. The van der Waals surface area contributed by atoms with Crippen LogP contribution in [0.4, 0.5) is 10.1 Å². The van der Waals surface area contributed by atoms with Crippen molar-refractivity contribution >= 4 is 11.7 Å². The van der Waals surface area contributed by atoms with Gasteiger partial charge in [0.15, 0.2) is 5.69 Å². The van der Waals surface area contributed by atoms with Crippen molar-refractivity contribution in [3.05, 3.63) is 47.0 Å². The minimum absolute atomic E-state index is 0.0115. The van der Waals surface area contributed by atoms with Crippen LogP contribution in [0.5, 0.6) is 0 Å². The fourth-order valence-electron chi connectivity index (χ4n) is 1.88. The van der Waals surface area contributed by atoms with Crippen LogP contribution >= 0.6 is 0 Å². The number of benzene rings is 1. The largest absolute Gasteiger partial charge is 0.464 e. The Balaban J connectivity index is 2.73. The van der Waals surface area contributed by atoms with Crippen LogP contribution < -0.4 is 5.73 Å². The van der Waals surface area contributed by atoms with Gasteiger partial charge in [0.2, 0.25) is 0 Å². The predicted molar refractivity (Wildman–Crippen MR) is 70.9 cm³/mol. The van der Waals surface area contributed by atoms with Crippen molar-refractivity contribution in [1.29, 1.82) is 10.5 Å². The Kier molecular flexibility index (Phi) is 3.59. The molecule has 104 valence electrons. The Hall–Kier alpha value is -3.32. The molecule has 0 aliphatic carbocycles. The number of hydrogen-bond donors (Lipinski definition) is 1. The molecule has 2 rings (SSSR count). The van der Waals surface area contributed by atoms with Crippen molar-refractivity contribution in [2.45, 2.75) is 0 Å². The number of nitriles is 2. The van der Waals surface area contributed by atoms with Gasteiger partial charge in [0.1, 0.15) is 11.9 Å². The molecule has 21 heavy (non-hydrogen) atoms. The fourth-order valence-corrected chi connectivity index (χ4v) is 1.88. The monoisotopic (exact) mass is 284 g/mol. The van der Waals surface area contributed by atoms with Gasteiger partial charge in [-0.15, -0.1) is 0 Å². The second kappa shape index (κ2) is 5.35. The van der Waals surface area contributed by atoms with E-state index < -0.39 is 11.8 Å². The maximum atomic E-state index is 14.1. The minimum Gasteiger partial charge on any atom is -0.464 e. The highest BCUT2D eigenvalue weighted by Gasteiger charge is 2.23. The molecule has 0 saturated carbocycles. The zero-order valence-electron chi connectivity index (χ0n) is 10.9. The molecule has 0 unspecified atom stereocenters. The molecule has 1 aromatic heterocycles. The lowest BCUT2D eigenvalue weighted by molar-refractivity contribution is 0.0593. The van der Waals surface area contributed by atoms with Crippen molar-refractivity contribution in [2.75, 3.05) is 12.8 Å². The van der Waals surface area contributed by atoms with E-state index in [0.29, 0.717) is 0 Å². The molecule has 0 saturated heterocycles. The SMILES string of the molecule is COC(=O)c1c(N)c(C#N)cn1-c1ccc(C#N)cc1F. The minimum atomic E-state index is -0.794. The second-order valence-corrected chi connectivity index (χ2v) is 4.06. The molecule has 0 aliphatic rings. The highest BCUT2D eigenvalue weighted by Crippen LogP contribution is 2.26. The summed E-state index contributed by atoms with van der Waals surface area (Å²) in [7, 11) is 1.15. The molecule has 0 spiro atoms. The quantitative estimate of drug-likeness (QED) is 0.845. The summed E-state index contributed by atoms with van der Waals surface area (Å²) < 4.78 is 19.8. The van der Waals surface area contributed by atoms with E-state index in [1.165, 1.54) is 18.3 Å². The van der Waals surface area contributed by atoms with Crippen molar-refractivity contribution in [1.82, 2.24) is 4.57 Å². The van der Waals surface area contributed by atoms with E-state index in [1.54, 1.807) is 6.07 Å². The van der Waals surface area contributed by atoms with Gasteiger partial charge in [-0.05, 0) is 18.2 Å². The summed E-state index contributed by atoms with van der Waals surface area (Å²) in [6.07, 6.45) is 1.24. The molecule has 1 aromatic carbocycles. The average Bonchev–Trinajstić information content (AvgIpc) is 2.82. The summed E-state index contributed by atoms with van der Waals surface area (Å²) in [5, 5.41) is 17.7. The molecule has 0 aliphatic heterocycles. The molecule has 0 radical (unpaired) electrons. The summed E-state index contributed by atoms with van der Waals surface area (Å²) in [5.74, 6) is -1.52. The van der Waals surface area contributed by atoms with Crippen LogP contribution in [0, 0.1) is 28.5 Å². The molecule has 7 heteroatoms. The highest BCUT2D eigenvalue weighted by molar-refractivity contribution is 5.95. The van der Waals surface area contributed by atoms with Gasteiger partial charge in [-0.25, -0.2) is 9.18 Å². The van der Waals surface area contributed by atoms with Crippen molar-refractivity contribution < 1.29 is 13.9 Å². The molecule has 0 fully saturated rings. The Morgan fingerprint density at radius 1 is 1.38 bits per heavy atom. The van der Waals surface area contributed by atoms with E-state index in [0.717, 1.165) is 17.7 Å². The van der Waals surface area contributed by atoms with Gasteiger partial charge in [-0.2, -0.15) is 10.5 Å². The van der Waals surface area contributed by atoms with Gasteiger partial charge in [-0.3, -0.25) is 0 Å². The van der Waals surface area contributed by atoms with E-state index in [1.807, 2.05) is 6.07 Å². The zero-order valence-corrected chi connectivity index (χ0v) is 10.9.